The second-order valence-corrected chi connectivity index (χ2v) is 5.24. The smallest absolute Gasteiger partial charge is 0.355 e. The minimum Gasteiger partial charge on any atom is -0.467 e. The number of nitrogens with zero attached hydrogens (tertiary/aromatic N) is 2. The van der Waals surface area contributed by atoms with Crippen LogP contribution in [0.4, 0.5) is 0 Å². The van der Waals surface area contributed by atoms with E-state index in [0.717, 1.165) is 0 Å². The summed E-state index contributed by atoms with van der Waals surface area (Å²) in [5.41, 5.74) is 0.444. The number of amides is 1. The molecule has 0 aliphatic heterocycles. The highest BCUT2D eigenvalue weighted by molar-refractivity contribution is 5.97. The number of rotatable bonds is 8. The molecule has 0 radical (unpaired) electrons. The number of H-pyrrole nitrogens is 1. The Morgan fingerprint density at radius 2 is 2.20 bits per heavy atom. The third-order valence-electron chi connectivity index (χ3n) is 3.41. The lowest BCUT2D eigenvalue weighted by atomic mass is 10.2. The first kappa shape index (κ1) is 18.0. The van der Waals surface area contributed by atoms with Crippen molar-refractivity contribution in [3.8, 4) is 6.07 Å². The van der Waals surface area contributed by atoms with Crippen LogP contribution in [0.5, 0.6) is 0 Å². The number of ether oxygens (including phenoxy) is 1. The highest BCUT2D eigenvalue weighted by Gasteiger charge is 2.19. The molecule has 2 aromatic heterocycles. The fourth-order valence-electron chi connectivity index (χ4n) is 2.08. The molecule has 8 nitrogen and oxygen atoms in total. The maximum atomic E-state index is 12.3. The fourth-order valence-corrected chi connectivity index (χ4v) is 2.08. The second-order valence-electron chi connectivity index (χ2n) is 5.24. The molecule has 0 spiro atoms. The van der Waals surface area contributed by atoms with Gasteiger partial charge in [0.25, 0.3) is 5.91 Å². The first-order chi connectivity index (χ1) is 12.0. The Balaban J connectivity index is 1.93. The number of furan rings is 1. The number of nitrogens with one attached hydrogen (secondary N) is 1. The molecule has 2 aromatic rings. The molecule has 8 heteroatoms. The summed E-state index contributed by atoms with van der Waals surface area (Å²) >= 11 is 0. The van der Waals surface area contributed by atoms with Gasteiger partial charge in [0.15, 0.2) is 12.4 Å². The van der Waals surface area contributed by atoms with Crippen LogP contribution in [0.3, 0.4) is 0 Å². The van der Waals surface area contributed by atoms with Gasteiger partial charge in [-0.15, -0.1) is 0 Å². The van der Waals surface area contributed by atoms with Crippen molar-refractivity contribution in [1.29, 1.82) is 5.26 Å². The average Bonchev–Trinajstić information content (AvgIpc) is 3.27. The van der Waals surface area contributed by atoms with Gasteiger partial charge in [-0.2, -0.15) is 5.26 Å². The summed E-state index contributed by atoms with van der Waals surface area (Å²) in [6.07, 6.45) is 3.04. The molecule has 0 saturated carbocycles. The largest absolute Gasteiger partial charge is 0.467 e. The van der Waals surface area contributed by atoms with Crippen LogP contribution in [0.15, 0.2) is 35.1 Å². The minimum atomic E-state index is -0.737. The van der Waals surface area contributed by atoms with Gasteiger partial charge in [-0.3, -0.25) is 9.59 Å². The molecule has 0 fully saturated rings. The zero-order valence-electron chi connectivity index (χ0n) is 13.7. The van der Waals surface area contributed by atoms with Crippen molar-refractivity contribution in [3.63, 3.8) is 0 Å². The zero-order chi connectivity index (χ0) is 18.2. The SMILES string of the molecule is CC(=O)c1c[nH]c(C(=O)OCC(=O)N(CCC#N)Cc2ccco2)c1. The van der Waals surface area contributed by atoms with Gasteiger partial charge in [-0.25, -0.2) is 4.79 Å². The molecule has 1 amide bonds. The van der Waals surface area contributed by atoms with Gasteiger partial charge in [0.1, 0.15) is 11.5 Å². The van der Waals surface area contributed by atoms with Gasteiger partial charge in [-0.05, 0) is 25.1 Å². The van der Waals surface area contributed by atoms with Gasteiger partial charge < -0.3 is 19.0 Å². The first-order valence-corrected chi connectivity index (χ1v) is 7.55. The lowest BCUT2D eigenvalue weighted by Crippen LogP contribution is -2.35. The fraction of sp³-hybridized carbons (Fsp3) is 0.294. The number of carbonyl (C=O) groups is 3. The quantitative estimate of drug-likeness (QED) is 0.578. The van der Waals surface area contributed by atoms with Crippen molar-refractivity contribution in [2.75, 3.05) is 13.2 Å². The minimum absolute atomic E-state index is 0.0904. The molecular formula is C17H17N3O5. The number of aromatic amines is 1. The molecule has 2 rings (SSSR count). The van der Waals surface area contributed by atoms with E-state index < -0.39 is 18.5 Å². The Bertz CT molecular complexity index is 786. The Morgan fingerprint density at radius 3 is 2.80 bits per heavy atom. The molecule has 0 aliphatic rings. The van der Waals surface area contributed by atoms with Crippen LogP contribution in [0.25, 0.3) is 0 Å². The normalized spacial score (nSPS) is 10.1. The standard InChI is InChI=1S/C17H17N3O5/c1-12(21)13-8-15(19-9-13)17(23)25-11-16(22)20(6-3-5-18)10-14-4-2-7-24-14/h2,4,7-9,19H,3,6,10-11H2,1H3. The summed E-state index contributed by atoms with van der Waals surface area (Å²) in [6, 6.07) is 6.74. The number of aromatic nitrogens is 1. The van der Waals surface area contributed by atoms with E-state index in [1.807, 2.05) is 6.07 Å². The summed E-state index contributed by atoms with van der Waals surface area (Å²) in [5, 5.41) is 8.71. The van der Waals surface area contributed by atoms with E-state index in [0.29, 0.717) is 11.3 Å². The van der Waals surface area contributed by atoms with Crippen molar-refractivity contribution in [2.24, 2.45) is 0 Å². The molecule has 25 heavy (non-hydrogen) atoms. The molecule has 0 saturated heterocycles. The van der Waals surface area contributed by atoms with Crippen LogP contribution in [0.2, 0.25) is 0 Å². The van der Waals surface area contributed by atoms with Crippen LogP contribution in [-0.2, 0) is 16.1 Å². The highest BCUT2D eigenvalue weighted by Crippen LogP contribution is 2.09. The molecule has 130 valence electrons. The third-order valence-corrected chi connectivity index (χ3v) is 3.41. The number of carbonyl (C=O) groups excluding carboxylic acids is 3. The molecule has 0 aromatic carbocycles. The Kier molecular flexibility index (Phi) is 6.12. The molecular weight excluding hydrogens is 326 g/mol. The van der Waals surface area contributed by atoms with Gasteiger partial charge >= 0.3 is 5.97 Å². The summed E-state index contributed by atoms with van der Waals surface area (Å²) < 4.78 is 10.2. The number of Topliss-reactive ketones (excluding diaryl/α,β-unsaturated/α-hetero) is 1. The van der Waals surface area contributed by atoms with E-state index in [1.54, 1.807) is 12.1 Å². The highest BCUT2D eigenvalue weighted by atomic mass is 16.5. The van der Waals surface area contributed by atoms with Crippen molar-refractivity contribution >= 4 is 17.7 Å². The van der Waals surface area contributed by atoms with Gasteiger partial charge in [0, 0.05) is 18.3 Å². The summed E-state index contributed by atoms with van der Waals surface area (Å²) in [7, 11) is 0. The van der Waals surface area contributed by atoms with Crippen LogP contribution < -0.4 is 0 Å². The van der Waals surface area contributed by atoms with Gasteiger partial charge in [0.05, 0.1) is 25.3 Å². The van der Waals surface area contributed by atoms with Crippen LogP contribution in [0.1, 0.15) is 40.0 Å². The lowest BCUT2D eigenvalue weighted by Gasteiger charge is -2.20. The Hall–Kier alpha value is -3.34. The third kappa shape index (κ3) is 5.07. The molecule has 2 heterocycles. The summed E-state index contributed by atoms with van der Waals surface area (Å²) in [5.74, 6) is -0.807. The van der Waals surface area contributed by atoms with Gasteiger partial charge in [0.2, 0.25) is 0 Å². The maximum Gasteiger partial charge on any atom is 0.355 e. The molecule has 1 N–H and O–H groups in total. The monoisotopic (exact) mass is 343 g/mol. The van der Waals surface area contributed by atoms with E-state index in [4.69, 9.17) is 14.4 Å². The first-order valence-electron chi connectivity index (χ1n) is 7.55. The maximum absolute atomic E-state index is 12.3. The van der Waals surface area contributed by atoms with Crippen LogP contribution in [0, 0.1) is 11.3 Å². The van der Waals surface area contributed by atoms with E-state index >= 15 is 0 Å². The predicted molar refractivity (Wildman–Crippen MR) is 85.4 cm³/mol. The number of ketones is 1. The average molecular weight is 343 g/mol. The van der Waals surface area contributed by atoms with E-state index in [-0.39, 0.29) is 31.0 Å². The number of hydrogen-bond acceptors (Lipinski definition) is 6. The topological polar surface area (TPSA) is 116 Å². The zero-order valence-corrected chi connectivity index (χ0v) is 13.7. The lowest BCUT2D eigenvalue weighted by molar-refractivity contribution is -0.135. The van der Waals surface area contributed by atoms with Crippen LogP contribution >= 0.6 is 0 Å². The van der Waals surface area contributed by atoms with Gasteiger partial charge in [-0.1, -0.05) is 0 Å². The Morgan fingerprint density at radius 1 is 1.40 bits per heavy atom. The number of hydrogen-bond donors (Lipinski definition) is 1. The predicted octanol–water partition coefficient (Wildman–Crippen LogP) is 1.91. The summed E-state index contributed by atoms with van der Waals surface area (Å²) in [4.78, 5) is 39.4. The van der Waals surface area contributed by atoms with E-state index in [2.05, 4.69) is 4.98 Å². The number of nitriles is 1. The van der Waals surface area contributed by atoms with Crippen molar-refractivity contribution in [1.82, 2.24) is 9.88 Å². The molecule has 0 atom stereocenters. The Labute approximate surface area is 144 Å². The molecule has 0 unspecified atom stereocenters. The van der Waals surface area contributed by atoms with E-state index in [1.165, 1.54) is 30.4 Å². The van der Waals surface area contributed by atoms with Crippen molar-refractivity contribution in [2.45, 2.75) is 19.9 Å². The van der Waals surface area contributed by atoms with Crippen LogP contribution in [-0.4, -0.2) is 40.7 Å². The summed E-state index contributed by atoms with van der Waals surface area (Å²) in [6.45, 7) is 1.29. The second kappa shape index (κ2) is 8.49. The molecule has 0 aliphatic carbocycles. The number of esters is 1. The van der Waals surface area contributed by atoms with Crippen molar-refractivity contribution < 1.29 is 23.5 Å². The van der Waals surface area contributed by atoms with E-state index in [9.17, 15) is 14.4 Å². The van der Waals surface area contributed by atoms with Crippen molar-refractivity contribution in [3.05, 3.63) is 47.7 Å². The molecule has 0 bridgehead atoms.